The van der Waals surface area contributed by atoms with Gasteiger partial charge in [-0.25, -0.2) is 9.97 Å². The summed E-state index contributed by atoms with van der Waals surface area (Å²) >= 11 is 3.74. The predicted octanol–water partition coefficient (Wildman–Crippen LogP) is 2.65. The van der Waals surface area contributed by atoms with Gasteiger partial charge >= 0.3 is 0 Å². The van der Waals surface area contributed by atoms with Crippen LogP contribution in [0.3, 0.4) is 0 Å². The van der Waals surface area contributed by atoms with E-state index in [1.165, 1.54) is 18.4 Å². The molecule has 1 aromatic heterocycles. The number of anilines is 1. The van der Waals surface area contributed by atoms with E-state index in [2.05, 4.69) is 37.7 Å². The summed E-state index contributed by atoms with van der Waals surface area (Å²) in [5.74, 6) is 2.60. The lowest BCUT2D eigenvalue weighted by Crippen LogP contribution is -2.23. The van der Waals surface area contributed by atoms with Crippen molar-refractivity contribution < 1.29 is 0 Å². The number of halogens is 1. The van der Waals surface area contributed by atoms with Gasteiger partial charge in [0.2, 0.25) is 5.95 Å². The molecule has 92 valence electrons. The first kappa shape index (κ1) is 11.5. The summed E-state index contributed by atoms with van der Waals surface area (Å²) in [6.45, 7) is 4.41. The van der Waals surface area contributed by atoms with Crippen LogP contribution >= 0.6 is 15.9 Å². The van der Waals surface area contributed by atoms with Crippen LogP contribution in [0.2, 0.25) is 0 Å². The lowest BCUT2D eigenvalue weighted by molar-refractivity contribution is 0.494. The fourth-order valence-electron chi connectivity index (χ4n) is 3.08. The van der Waals surface area contributed by atoms with Crippen molar-refractivity contribution in [2.75, 3.05) is 18.0 Å². The first-order valence-corrected chi connectivity index (χ1v) is 7.37. The van der Waals surface area contributed by atoms with Gasteiger partial charge in [0.05, 0.1) is 0 Å². The van der Waals surface area contributed by atoms with Gasteiger partial charge in [-0.05, 0) is 36.7 Å². The van der Waals surface area contributed by atoms with E-state index in [0.29, 0.717) is 0 Å². The number of nitrogens with zero attached hydrogens (tertiary/aromatic N) is 3. The zero-order valence-corrected chi connectivity index (χ0v) is 11.7. The Morgan fingerprint density at radius 1 is 1.24 bits per heavy atom. The number of aromatic nitrogens is 2. The van der Waals surface area contributed by atoms with Crippen molar-refractivity contribution in [3.8, 4) is 0 Å². The molecule has 3 nitrogen and oxygen atoms in total. The van der Waals surface area contributed by atoms with Crippen molar-refractivity contribution in [2.45, 2.75) is 31.0 Å². The molecule has 1 saturated carbocycles. The lowest BCUT2D eigenvalue weighted by Gasteiger charge is -2.17. The Kier molecular flexibility index (Phi) is 3.07. The molecule has 2 fully saturated rings. The minimum atomic E-state index is 0.739. The van der Waals surface area contributed by atoms with Gasteiger partial charge in [-0.1, -0.05) is 22.9 Å². The molecule has 1 aliphatic heterocycles. The van der Waals surface area contributed by atoms with Crippen molar-refractivity contribution in [1.82, 2.24) is 9.97 Å². The summed E-state index contributed by atoms with van der Waals surface area (Å²) in [6.07, 6.45) is 7.56. The van der Waals surface area contributed by atoms with Crippen LogP contribution in [0.1, 0.15) is 25.3 Å². The van der Waals surface area contributed by atoms with E-state index < -0.39 is 0 Å². The molecule has 0 bridgehead atoms. The highest BCUT2D eigenvalue weighted by Crippen LogP contribution is 2.41. The normalized spacial score (nSPS) is 31.9. The fourth-order valence-corrected chi connectivity index (χ4v) is 4.04. The molecule has 0 radical (unpaired) electrons. The van der Waals surface area contributed by atoms with E-state index in [9.17, 15) is 0 Å². The standard InChI is InChI=1S/C13H18BrN3/c1-2-9-5-15-13(16-6-9)17-7-10-3-12(14)4-11(10)8-17/h5-6,10-12H,2-4,7-8H2,1H3/t10-,11+,12+. The second-order valence-corrected chi connectivity index (χ2v) is 6.53. The number of alkyl halides is 1. The van der Waals surface area contributed by atoms with Crippen LogP contribution in [0.4, 0.5) is 5.95 Å². The third kappa shape index (κ3) is 2.19. The van der Waals surface area contributed by atoms with Crippen molar-refractivity contribution >= 4 is 21.9 Å². The fraction of sp³-hybridized carbons (Fsp3) is 0.692. The van der Waals surface area contributed by atoms with Crippen LogP contribution < -0.4 is 4.90 Å². The number of rotatable bonds is 2. The Morgan fingerprint density at radius 3 is 2.35 bits per heavy atom. The molecule has 2 heterocycles. The Balaban J connectivity index is 1.70. The van der Waals surface area contributed by atoms with Crippen molar-refractivity contribution in [3.05, 3.63) is 18.0 Å². The molecular weight excluding hydrogens is 278 g/mol. The molecule has 0 spiro atoms. The second kappa shape index (κ2) is 4.56. The molecule has 1 saturated heterocycles. The number of fused-ring (bicyclic) bond motifs is 1. The van der Waals surface area contributed by atoms with Crippen molar-refractivity contribution in [1.29, 1.82) is 0 Å². The van der Waals surface area contributed by atoms with E-state index in [0.717, 1.165) is 42.1 Å². The zero-order chi connectivity index (χ0) is 11.8. The monoisotopic (exact) mass is 295 g/mol. The molecule has 3 rings (SSSR count). The van der Waals surface area contributed by atoms with Crippen LogP contribution in [0.15, 0.2) is 12.4 Å². The molecule has 3 atom stereocenters. The summed E-state index contributed by atoms with van der Waals surface area (Å²) in [5.41, 5.74) is 1.22. The van der Waals surface area contributed by atoms with Gasteiger partial charge in [0.25, 0.3) is 0 Å². The SMILES string of the molecule is CCc1cnc(N2C[C@H]3C[C@H](Br)C[C@H]3C2)nc1. The molecular formula is C13H18BrN3. The van der Waals surface area contributed by atoms with E-state index in [-0.39, 0.29) is 0 Å². The van der Waals surface area contributed by atoms with Gasteiger partial charge in [0.1, 0.15) is 0 Å². The van der Waals surface area contributed by atoms with E-state index in [1.807, 2.05) is 12.4 Å². The van der Waals surface area contributed by atoms with E-state index in [1.54, 1.807) is 0 Å². The van der Waals surface area contributed by atoms with Crippen molar-refractivity contribution in [2.24, 2.45) is 11.8 Å². The first-order valence-electron chi connectivity index (χ1n) is 6.46. The number of aryl methyl sites for hydroxylation is 1. The number of hydrogen-bond acceptors (Lipinski definition) is 3. The molecule has 0 aromatic carbocycles. The smallest absolute Gasteiger partial charge is 0.225 e. The zero-order valence-electron chi connectivity index (χ0n) is 10.1. The van der Waals surface area contributed by atoms with Gasteiger partial charge in [0.15, 0.2) is 0 Å². The van der Waals surface area contributed by atoms with Crippen molar-refractivity contribution in [3.63, 3.8) is 0 Å². The molecule has 1 aromatic rings. The van der Waals surface area contributed by atoms with E-state index >= 15 is 0 Å². The highest BCUT2D eigenvalue weighted by atomic mass is 79.9. The largest absolute Gasteiger partial charge is 0.340 e. The average Bonchev–Trinajstić information content (AvgIpc) is 2.86. The van der Waals surface area contributed by atoms with Crippen LogP contribution in [-0.4, -0.2) is 27.9 Å². The van der Waals surface area contributed by atoms with E-state index in [4.69, 9.17) is 0 Å². The Bertz CT molecular complexity index is 378. The van der Waals surface area contributed by atoms with Crippen LogP contribution in [0.5, 0.6) is 0 Å². The molecule has 0 unspecified atom stereocenters. The quantitative estimate of drug-likeness (QED) is 0.786. The Morgan fingerprint density at radius 2 is 1.82 bits per heavy atom. The summed E-state index contributed by atoms with van der Waals surface area (Å²) in [7, 11) is 0. The minimum absolute atomic E-state index is 0.739. The summed E-state index contributed by atoms with van der Waals surface area (Å²) in [4.78, 5) is 12.1. The van der Waals surface area contributed by atoms with Crippen LogP contribution in [-0.2, 0) is 6.42 Å². The summed E-state index contributed by atoms with van der Waals surface area (Å²) in [6, 6.07) is 0. The van der Waals surface area contributed by atoms with Crippen LogP contribution in [0.25, 0.3) is 0 Å². The highest BCUT2D eigenvalue weighted by Gasteiger charge is 2.40. The molecule has 0 amide bonds. The molecule has 17 heavy (non-hydrogen) atoms. The van der Waals surface area contributed by atoms with Gasteiger partial charge in [-0.15, -0.1) is 0 Å². The highest BCUT2D eigenvalue weighted by molar-refractivity contribution is 9.09. The van der Waals surface area contributed by atoms with Gasteiger partial charge in [0, 0.05) is 30.3 Å². The maximum atomic E-state index is 4.48. The maximum absolute atomic E-state index is 4.48. The molecule has 2 aliphatic rings. The maximum Gasteiger partial charge on any atom is 0.225 e. The summed E-state index contributed by atoms with van der Waals surface area (Å²) < 4.78 is 0. The topological polar surface area (TPSA) is 29.0 Å². The van der Waals surface area contributed by atoms with Crippen LogP contribution in [0, 0.1) is 11.8 Å². The Labute approximate surface area is 111 Å². The van der Waals surface area contributed by atoms with Gasteiger partial charge in [-0.2, -0.15) is 0 Å². The molecule has 4 heteroatoms. The third-order valence-electron chi connectivity index (χ3n) is 4.08. The second-order valence-electron chi connectivity index (χ2n) is 5.24. The van der Waals surface area contributed by atoms with Gasteiger partial charge < -0.3 is 4.90 Å². The molecule has 1 aliphatic carbocycles. The Hall–Kier alpha value is -0.640. The average molecular weight is 296 g/mol. The minimum Gasteiger partial charge on any atom is -0.340 e. The lowest BCUT2D eigenvalue weighted by atomic mass is 10.0. The summed E-state index contributed by atoms with van der Waals surface area (Å²) in [5, 5.41) is 0. The molecule has 0 N–H and O–H groups in total. The third-order valence-corrected chi connectivity index (χ3v) is 4.82. The first-order chi connectivity index (χ1) is 8.26. The van der Waals surface area contributed by atoms with Gasteiger partial charge in [-0.3, -0.25) is 0 Å². The predicted molar refractivity (Wildman–Crippen MR) is 72.6 cm³/mol. The number of hydrogen-bond donors (Lipinski definition) is 0.